The van der Waals surface area contributed by atoms with E-state index in [0.717, 1.165) is 21.4 Å². The highest BCUT2D eigenvalue weighted by Crippen LogP contribution is 2.11. The van der Waals surface area contributed by atoms with E-state index in [1.165, 1.54) is 5.56 Å². The number of hydrogen-bond acceptors (Lipinski definition) is 2. The predicted molar refractivity (Wildman–Crippen MR) is 96.9 cm³/mol. The summed E-state index contributed by atoms with van der Waals surface area (Å²) in [5.74, 6) is 0. The number of hydrogen-bond donors (Lipinski definition) is 2. The molecular weight excluding hydrogens is 346 g/mol. The fourth-order valence-electron chi connectivity index (χ4n) is 1.77. The van der Waals surface area contributed by atoms with Crippen molar-refractivity contribution >= 4 is 44.7 Å². The first-order chi connectivity index (χ1) is 10.0. The molecule has 0 saturated carbocycles. The zero-order valence-corrected chi connectivity index (χ0v) is 14.3. The Morgan fingerprint density at radius 3 is 2.52 bits per heavy atom. The van der Waals surface area contributed by atoms with E-state index in [1.807, 2.05) is 62.4 Å². The molecule has 2 aromatic rings. The van der Waals surface area contributed by atoms with E-state index in [0.29, 0.717) is 5.11 Å². The van der Waals surface area contributed by atoms with Crippen molar-refractivity contribution in [2.45, 2.75) is 13.8 Å². The summed E-state index contributed by atoms with van der Waals surface area (Å²) in [7, 11) is 0. The number of anilines is 1. The summed E-state index contributed by atoms with van der Waals surface area (Å²) in [6, 6.07) is 16.0. The molecule has 0 aliphatic carbocycles. The standard InChI is InChI=1S/C16H16BrN3S/c1-11-4-3-5-15(10-11)18-16(21)20-19-12(2)13-6-8-14(17)9-7-13/h3-10H,1-2H3,(H2,18,20,21)/b19-12-. The maximum atomic E-state index is 5.23. The molecule has 2 N–H and O–H groups in total. The molecule has 108 valence electrons. The van der Waals surface area contributed by atoms with Gasteiger partial charge < -0.3 is 5.32 Å². The summed E-state index contributed by atoms with van der Waals surface area (Å²) in [6.45, 7) is 3.98. The van der Waals surface area contributed by atoms with Gasteiger partial charge in [0.2, 0.25) is 0 Å². The minimum absolute atomic E-state index is 0.470. The predicted octanol–water partition coefficient (Wildman–Crippen LogP) is 4.47. The molecule has 0 spiro atoms. The highest BCUT2D eigenvalue weighted by molar-refractivity contribution is 9.10. The SMILES string of the molecule is C/C(=N/NC(=S)Nc1cccc(C)c1)c1ccc(Br)cc1. The number of nitrogens with one attached hydrogen (secondary N) is 2. The van der Waals surface area contributed by atoms with Crippen LogP contribution in [0.1, 0.15) is 18.1 Å². The van der Waals surface area contributed by atoms with Gasteiger partial charge in [-0.25, -0.2) is 0 Å². The van der Waals surface area contributed by atoms with Crippen molar-refractivity contribution in [1.29, 1.82) is 0 Å². The first-order valence-corrected chi connectivity index (χ1v) is 7.68. The third-order valence-electron chi connectivity index (χ3n) is 2.86. The molecule has 0 aliphatic heterocycles. The molecule has 0 atom stereocenters. The van der Waals surface area contributed by atoms with Gasteiger partial charge in [-0.05, 0) is 61.5 Å². The Balaban J connectivity index is 1.96. The average Bonchev–Trinajstić information content (AvgIpc) is 2.45. The molecule has 21 heavy (non-hydrogen) atoms. The lowest BCUT2D eigenvalue weighted by molar-refractivity contribution is 1.04. The number of thiocarbonyl (C=S) groups is 1. The number of hydrazone groups is 1. The van der Waals surface area contributed by atoms with Crippen molar-refractivity contribution in [3.8, 4) is 0 Å². The number of rotatable bonds is 3. The molecule has 0 heterocycles. The van der Waals surface area contributed by atoms with Gasteiger partial charge in [-0.15, -0.1) is 0 Å². The van der Waals surface area contributed by atoms with E-state index in [2.05, 4.69) is 31.8 Å². The minimum atomic E-state index is 0.470. The Hall–Kier alpha value is -1.72. The second-order valence-corrected chi connectivity index (χ2v) is 5.96. The lowest BCUT2D eigenvalue weighted by Gasteiger charge is -2.08. The van der Waals surface area contributed by atoms with E-state index >= 15 is 0 Å². The Labute approximate surface area is 138 Å². The van der Waals surface area contributed by atoms with Gasteiger partial charge in [-0.3, -0.25) is 5.43 Å². The maximum Gasteiger partial charge on any atom is 0.191 e. The third kappa shape index (κ3) is 4.95. The molecule has 0 aromatic heterocycles. The van der Waals surface area contributed by atoms with Crippen LogP contribution in [0.5, 0.6) is 0 Å². The van der Waals surface area contributed by atoms with Crippen molar-refractivity contribution in [3.63, 3.8) is 0 Å². The second-order valence-electron chi connectivity index (χ2n) is 4.64. The highest BCUT2D eigenvalue weighted by Gasteiger charge is 1.99. The molecule has 0 aliphatic rings. The van der Waals surface area contributed by atoms with Gasteiger partial charge in [0.1, 0.15) is 0 Å². The van der Waals surface area contributed by atoms with Crippen LogP contribution in [0.15, 0.2) is 58.1 Å². The van der Waals surface area contributed by atoms with Gasteiger partial charge in [0.05, 0.1) is 5.71 Å². The van der Waals surface area contributed by atoms with Crippen LogP contribution < -0.4 is 10.7 Å². The molecule has 0 unspecified atom stereocenters. The fraction of sp³-hybridized carbons (Fsp3) is 0.125. The quantitative estimate of drug-likeness (QED) is 0.481. The van der Waals surface area contributed by atoms with E-state index in [9.17, 15) is 0 Å². The lowest BCUT2D eigenvalue weighted by Crippen LogP contribution is -2.25. The van der Waals surface area contributed by atoms with Gasteiger partial charge in [0.15, 0.2) is 5.11 Å². The van der Waals surface area contributed by atoms with Crippen molar-refractivity contribution < 1.29 is 0 Å². The lowest BCUT2D eigenvalue weighted by atomic mass is 10.1. The van der Waals surface area contributed by atoms with Crippen LogP contribution in [0.4, 0.5) is 5.69 Å². The second kappa shape index (κ2) is 7.33. The molecule has 0 saturated heterocycles. The molecular formula is C16H16BrN3S. The van der Waals surface area contributed by atoms with Crippen LogP contribution in [-0.4, -0.2) is 10.8 Å². The van der Waals surface area contributed by atoms with Crippen LogP contribution in [0.3, 0.4) is 0 Å². The van der Waals surface area contributed by atoms with Crippen molar-refractivity contribution in [3.05, 3.63) is 64.1 Å². The Bertz CT molecular complexity index is 665. The molecule has 0 radical (unpaired) electrons. The smallest absolute Gasteiger partial charge is 0.191 e. The van der Waals surface area contributed by atoms with Gasteiger partial charge >= 0.3 is 0 Å². The van der Waals surface area contributed by atoms with E-state index in [1.54, 1.807) is 0 Å². The topological polar surface area (TPSA) is 36.4 Å². The number of nitrogens with zero attached hydrogens (tertiary/aromatic N) is 1. The maximum absolute atomic E-state index is 5.23. The zero-order valence-electron chi connectivity index (χ0n) is 11.9. The first kappa shape index (κ1) is 15.7. The monoisotopic (exact) mass is 361 g/mol. The van der Waals surface area contributed by atoms with Crippen LogP contribution >= 0.6 is 28.1 Å². The van der Waals surface area contributed by atoms with Crippen LogP contribution in [-0.2, 0) is 0 Å². The van der Waals surface area contributed by atoms with Crippen molar-refractivity contribution in [2.24, 2.45) is 5.10 Å². The largest absolute Gasteiger partial charge is 0.331 e. The summed E-state index contributed by atoms with van der Waals surface area (Å²) >= 11 is 8.64. The van der Waals surface area contributed by atoms with E-state index < -0.39 is 0 Å². The Kier molecular flexibility index (Phi) is 5.47. The molecule has 0 bridgehead atoms. The Morgan fingerprint density at radius 1 is 1.14 bits per heavy atom. The number of benzene rings is 2. The summed E-state index contributed by atoms with van der Waals surface area (Å²) in [4.78, 5) is 0. The average molecular weight is 362 g/mol. The van der Waals surface area contributed by atoms with Gasteiger partial charge in [0, 0.05) is 10.2 Å². The van der Waals surface area contributed by atoms with Gasteiger partial charge in [-0.2, -0.15) is 5.10 Å². The van der Waals surface area contributed by atoms with E-state index in [-0.39, 0.29) is 0 Å². The summed E-state index contributed by atoms with van der Waals surface area (Å²) in [5, 5.41) is 7.86. The van der Waals surface area contributed by atoms with Crippen LogP contribution in [0, 0.1) is 6.92 Å². The Morgan fingerprint density at radius 2 is 1.86 bits per heavy atom. The van der Waals surface area contributed by atoms with Crippen molar-refractivity contribution in [1.82, 2.24) is 5.43 Å². The van der Waals surface area contributed by atoms with Crippen LogP contribution in [0.2, 0.25) is 0 Å². The molecule has 2 rings (SSSR count). The van der Waals surface area contributed by atoms with E-state index in [4.69, 9.17) is 12.2 Å². The zero-order chi connectivity index (χ0) is 15.2. The first-order valence-electron chi connectivity index (χ1n) is 6.48. The molecule has 5 heteroatoms. The highest BCUT2D eigenvalue weighted by atomic mass is 79.9. The van der Waals surface area contributed by atoms with Crippen LogP contribution in [0.25, 0.3) is 0 Å². The normalized spacial score (nSPS) is 11.1. The minimum Gasteiger partial charge on any atom is -0.331 e. The molecule has 2 aromatic carbocycles. The number of aryl methyl sites for hydroxylation is 1. The summed E-state index contributed by atoms with van der Waals surface area (Å²) in [6.07, 6.45) is 0. The summed E-state index contributed by atoms with van der Waals surface area (Å²) in [5.41, 5.74) is 6.90. The summed E-state index contributed by atoms with van der Waals surface area (Å²) < 4.78 is 1.05. The molecule has 0 amide bonds. The molecule has 0 fully saturated rings. The van der Waals surface area contributed by atoms with Crippen molar-refractivity contribution in [2.75, 3.05) is 5.32 Å². The number of halogens is 1. The molecule has 3 nitrogen and oxygen atoms in total. The van der Waals surface area contributed by atoms with Gasteiger partial charge in [0.25, 0.3) is 0 Å². The van der Waals surface area contributed by atoms with Gasteiger partial charge in [-0.1, -0.05) is 40.2 Å². The third-order valence-corrected chi connectivity index (χ3v) is 3.59. The fourth-order valence-corrected chi connectivity index (χ4v) is 2.20.